The molecular formula is C27H26N6O3. The van der Waals surface area contributed by atoms with Gasteiger partial charge in [0.15, 0.2) is 5.65 Å². The molecule has 4 aromatic rings. The van der Waals surface area contributed by atoms with Crippen molar-refractivity contribution in [3.05, 3.63) is 89.1 Å². The zero-order valence-electron chi connectivity index (χ0n) is 20.1. The molecular weight excluding hydrogens is 456 g/mol. The van der Waals surface area contributed by atoms with Crippen LogP contribution in [0.15, 0.2) is 66.9 Å². The van der Waals surface area contributed by atoms with Gasteiger partial charge in [0.05, 0.1) is 17.2 Å². The highest BCUT2D eigenvalue weighted by molar-refractivity contribution is 6.04. The molecule has 2 heterocycles. The number of ether oxygens (including phenoxy) is 1. The molecule has 0 bridgehead atoms. The van der Waals surface area contributed by atoms with E-state index in [1.54, 1.807) is 47.9 Å². The van der Waals surface area contributed by atoms with Crippen molar-refractivity contribution in [1.29, 1.82) is 5.26 Å². The van der Waals surface area contributed by atoms with Crippen LogP contribution in [0.2, 0.25) is 0 Å². The lowest BCUT2D eigenvalue weighted by atomic mass is 10.1. The van der Waals surface area contributed by atoms with Crippen LogP contribution in [-0.4, -0.2) is 52.0 Å². The van der Waals surface area contributed by atoms with Crippen molar-refractivity contribution in [1.82, 2.24) is 19.4 Å². The van der Waals surface area contributed by atoms with E-state index in [1.165, 1.54) is 12.3 Å². The van der Waals surface area contributed by atoms with Crippen molar-refractivity contribution in [3.63, 3.8) is 0 Å². The quantitative estimate of drug-likeness (QED) is 0.363. The van der Waals surface area contributed by atoms with E-state index >= 15 is 0 Å². The first-order valence-corrected chi connectivity index (χ1v) is 11.5. The molecule has 1 N–H and O–H groups in total. The monoisotopic (exact) mass is 482 g/mol. The van der Waals surface area contributed by atoms with Crippen molar-refractivity contribution in [2.75, 3.05) is 26.1 Å². The summed E-state index contributed by atoms with van der Waals surface area (Å²) < 4.78 is 6.97. The maximum Gasteiger partial charge on any atom is 0.258 e. The molecule has 4 rings (SSSR count). The van der Waals surface area contributed by atoms with Crippen LogP contribution in [0, 0.1) is 11.3 Å². The minimum atomic E-state index is -0.394. The number of hydrogen-bond donors (Lipinski definition) is 1. The van der Waals surface area contributed by atoms with Gasteiger partial charge >= 0.3 is 0 Å². The predicted molar refractivity (Wildman–Crippen MR) is 135 cm³/mol. The summed E-state index contributed by atoms with van der Waals surface area (Å²) in [6.45, 7) is 1.50. The Bertz CT molecular complexity index is 1420. The fourth-order valence-corrected chi connectivity index (χ4v) is 3.86. The summed E-state index contributed by atoms with van der Waals surface area (Å²) in [6.07, 6.45) is 2.21. The molecule has 0 spiro atoms. The van der Waals surface area contributed by atoms with Crippen LogP contribution in [0.5, 0.6) is 0 Å². The Morgan fingerprint density at radius 3 is 2.67 bits per heavy atom. The SMILES string of the molecule is COCCCn1c(NC(=O)c2cccc(C#N)c2)nc2cc(C(=O)N(C)Cc3ccccc3)cnc21. The number of nitrogens with one attached hydrogen (secondary N) is 1. The number of pyridine rings is 1. The van der Waals surface area contributed by atoms with Gasteiger partial charge < -0.3 is 9.64 Å². The normalized spacial score (nSPS) is 10.7. The number of fused-ring (bicyclic) bond motifs is 1. The Hall–Kier alpha value is -4.55. The number of benzene rings is 2. The van der Waals surface area contributed by atoms with Crippen molar-refractivity contribution in [3.8, 4) is 6.07 Å². The molecule has 0 atom stereocenters. The number of carbonyl (C=O) groups is 2. The number of amides is 2. The lowest BCUT2D eigenvalue weighted by Crippen LogP contribution is -2.26. The predicted octanol–water partition coefficient (Wildman–Crippen LogP) is 3.86. The van der Waals surface area contributed by atoms with E-state index in [2.05, 4.69) is 15.3 Å². The highest BCUT2D eigenvalue weighted by atomic mass is 16.5. The van der Waals surface area contributed by atoms with Gasteiger partial charge in [0, 0.05) is 45.6 Å². The van der Waals surface area contributed by atoms with E-state index in [0.29, 0.717) is 59.9 Å². The van der Waals surface area contributed by atoms with E-state index in [4.69, 9.17) is 10.00 Å². The topological polar surface area (TPSA) is 113 Å². The smallest absolute Gasteiger partial charge is 0.258 e. The molecule has 0 radical (unpaired) electrons. The molecule has 0 aliphatic carbocycles. The van der Waals surface area contributed by atoms with Gasteiger partial charge in [-0.15, -0.1) is 0 Å². The fraction of sp³-hybridized carbons (Fsp3) is 0.222. The summed E-state index contributed by atoms with van der Waals surface area (Å²) in [4.78, 5) is 36.7. The molecule has 9 nitrogen and oxygen atoms in total. The highest BCUT2D eigenvalue weighted by Crippen LogP contribution is 2.21. The third-order valence-corrected chi connectivity index (χ3v) is 5.65. The highest BCUT2D eigenvalue weighted by Gasteiger charge is 2.19. The molecule has 0 aliphatic heterocycles. The third kappa shape index (κ3) is 5.56. The van der Waals surface area contributed by atoms with Crippen molar-refractivity contribution < 1.29 is 14.3 Å². The van der Waals surface area contributed by atoms with Crippen LogP contribution in [-0.2, 0) is 17.8 Å². The second-order valence-electron chi connectivity index (χ2n) is 8.29. The van der Waals surface area contributed by atoms with Gasteiger partial charge in [-0.1, -0.05) is 36.4 Å². The Labute approximate surface area is 209 Å². The number of anilines is 1. The molecule has 2 aromatic carbocycles. The number of hydrogen-bond acceptors (Lipinski definition) is 6. The van der Waals surface area contributed by atoms with Gasteiger partial charge in [-0.2, -0.15) is 5.26 Å². The van der Waals surface area contributed by atoms with Crippen LogP contribution in [0.25, 0.3) is 11.2 Å². The molecule has 2 amide bonds. The Kier molecular flexibility index (Phi) is 7.68. The van der Waals surface area contributed by atoms with Gasteiger partial charge in [0.2, 0.25) is 5.95 Å². The lowest BCUT2D eigenvalue weighted by molar-refractivity contribution is 0.0784. The number of rotatable bonds is 9. The standard InChI is InChI=1S/C27H26N6O3/c1-32(18-19-8-4-3-5-9-19)26(35)22-15-23-24(29-17-22)33(12-7-13-36-2)27(30-23)31-25(34)21-11-6-10-20(14-21)16-28/h3-6,8-11,14-15,17H,7,12-13,18H2,1-2H3,(H,30,31,34). The maximum absolute atomic E-state index is 13.1. The fourth-order valence-electron chi connectivity index (χ4n) is 3.86. The summed E-state index contributed by atoms with van der Waals surface area (Å²) in [5, 5.41) is 12.0. The number of aromatic nitrogens is 3. The number of carbonyl (C=O) groups excluding carboxylic acids is 2. The average molecular weight is 483 g/mol. The third-order valence-electron chi connectivity index (χ3n) is 5.65. The number of nitriles is 1. The van der Waals surface area contributed by atoms with E-state index < -0.39 is 5.91 Å². The Morgan fingerprint density at radius 2 is 1.92 bits per heavy atom. The van der Waals surface area contributed by atoms with Crippen LogP contribution in [0.4, 0.5) is 5.95 Å². The van der Waals surface area contributed by atoms with Gasteiger partial charge in [0.25, 0.3) is 11.8 Å². The zero-order valence-corrected chi connectivity index (χ0v) is 20.1. The first-order valence-electron chi connectivity index (χ1n) is 11.5. The summed E-state index contributed by atoms with van der Waals surface area (Å²) in [5.41, 5.74) is 3.20. The van der Waals surface area contributed by atoms with Gasteiger partial charge in [-0.25, -0.2) is 9.97 Å². The van der Waals surface area contributed by atoms with Gasteiger partial charge in [0.1, 0.15) is 5.52 Å². The Balaban J connectivity index is 1.62. The maximum atomic E-state index is 13.1. The molecule has 36 heavy (non-hydrogen) atoms. The van der Waals surface area contributed by atoms with Crippen LogP contribution in [0.1, 0.15) is 38.3 Å². The number of nitrogens with zero attached hydrogens (tertiary/aromatic N) is 5. The second kappa shape index (κ2) is 11.3. The summed E-state index contributed by atoms with van der Waals surface area (Å²) in [7, 11) is 3.36. The molecule has 9 heteroatoms. The number of methoxy groups -OCH3 is 1. The second-order valence-corrected chi connectivity index (χ2v) is 8.29. The van der Waals surface area contributed by atoms with Crippen LogP contribution in [0.3, 0.4) is 0 Å². The van der Waals surface area contributed by atoms with E-state index in [0.717, 1.165) is 5.56 Å². The minimum Gasteiger partial charge on any atom is -0.385 e. The van der Waals surface area contributed by atoms with E-state index in [-0.39, 0.29) is 5.91 Å². The lowest BCUT2D eigenvalue weighted by Gasteiger charge is -2.17. The van der Waals surface area contributed by atoms with Crippen molar-refractivity contribution in [2.24, 2.45) is 0 Å². The Morgan fingerprint density at radius 1 is 1.11 bits per heavy atom. The van der Waals surface area contributed by atoms with Crippen molar-refractivity contribution in [2.45, 2.75) is 19.5 Å². The van der Waals surface area contributed by atoms with Gasteiger partial charge in [-0.3, -0.25) is 19.5 Å². The number of imidazole rings is 1. The first-order chi connectivity index (χ1) is 17.5. The molecule has 2 aromatic heterocycles. The van der Waals surface area contributed by atoms with Crippen molar-refractivity contribution >= 4 is 28.9 Å². The zero-order chi connectivity index (χ0) is 25.5. The van der Waals surface area contributed by atoms with Crippen LogP contribution >= 0.6 is 0 Å². The van der Waals surface area contributed by atoms with E-state index in [9.17, 15) is 9.59 Å². The van der Waals surface area contributed by atoms with Crippen LogP contribution < -0.4 is 5.32 Å². The summed E-state index contributed by atoms with van der Waals surface area (Å²) in [6, 6.07) is 19.9. The molecule has 0 unspecified atom stereocenters. The molecule has 0 saturated carbocycles. The summed E-state index contributed by atoms with van der Waals surface area (Å²) in [5.74, 6) is -0.265. The average Bonchev–Trinajstić information content (AvgIpc) is 3.24. The minimum absolute atomic E-state index is 0.180. The van der Waals surface area contributed by atoms with E-state index in [1.807, 2.05) is 36.4 Å². The molecule has 0 saturated heterocycles. The first kappa shape index (κ1) is 24.6. The molecule has 0 fully saturated rings. The number of aryl methyl sites for hydroxylation is 1. The largest absolute Gasteiger partial charge is 0.385 e. The van der Waals surface area contributed by atoms with Gasteiger partial charge in [-0.05, 0) is 36.2 Å². The summed E-state index contributed by atoms with van der Waals surface area (Å²) >= 11 is 0. The molecule has 182 valence electrons. The molecule has 0 aliphatic rings.